The van der Waals surface area contributed by atoms with E-state index in [4.69, 9.17) is 0 Å². The zero-order valence-electron chi connectivity index (χ0n) is 14.0. The number of aliphatic imine (C=N–C) groups is 2. The van der Waals surface area contributed by atoms with Gasteiger partial charge in [-0.1, -0.05) is 0 Å². The van der Waals surface area contributed by atoms with Crippen molar-refractivity contribution in [2.24, 2.45) is 21.0 Å². The van der Waals surface area contributed by atoms with Gasteiger partial charge < -0.3 is 5.32 Å². The number of nitrogens with zero attached hydrogens (tertiary/aromatic N) is 7. The smallest absolute Gasteiger partial charge is 0.265 e. The van der Waals surface area contributed by atoms with Gasteiger partial charge in [-0.3, -0.25) is 19.6 Å². The first-order valence-corrected chi connectivity index (χ1v) is 7.80. The monoisotopic (exact) mass is 350 g/mol. The molecule has 2 aromatic rings. The molecule has 2 aromatic heterocycles. The predicted octanol–water partition coefficient (Wildman–Crippen LogP) is 0.529. The number of amidine groups is 1. The molecule has 4 rings (SSSR count). The second-order valence-electron chi connectivity index (χ2n) is 5.76. The number of hydrazone groups is 1. The summed E-state index contributed by atoms with van der Waals surface area (Å²) < 4.78 is 1.34. The molecule has 26 heavy (non-hydrogen) atoms. The molecule has 0 saturated heterocycles. The van der Waals surface area contributed by atoms with Crippen molar-refractivity contribution in [2.75, 3.05) is 12.4 Å². The third-order valence-electron chi connectivity index (χ3n) is 3.89. The zero-order valence-corrected chi connectivity index (χ0v) is 14.0. The highest BCUT2D eigenvalue weighted by Gasteiger charge is 2.35. The maximum Gasteiger partial charge on any atom is 0.265 e. The Bertz CT molecular complexity index is 989. The van der Waals surface area contributed by atoms with Gasteiger partial charge in [0.1, 0.15) is 17.6 Å². The van der Waals surface area contributed by atoms with Crippen molar-refractivity contribution in [1.82, 2.24) is 19.8 Å². The molecule has 1 atom stereocenters. The molecule has 1 unspecified atom stereocenters. The highest BCUT2D eigenvalue weighted by atomic mass is 16.2. The molecule has 0 radical (unpaired) electrons. The van der Waals surface area contributed by atoms with Crippen LogP contribution in [0.4, 0.5) is 5.82 Å². The summed E-state index contributed by atoms with van der Waals surface area (Å²) in [7, 11) is 1.70. The highest BCUT2D eigenvalue weighted by molar-refractivity contribution is 6.24. The topological polar surface area (TPSA) is 117 Å². The summed E-state index contributed by atoms with van der Waals surface area (Å²) in [6, 6.07) is 4.87. The van der Waals surface area contributed by atoms with Gasteiger partial charge in [0.25, 0.3) is 17.8 Å². The fourth-order valence-electron chi connectivity index (χ4n) is 2.63. The van der Waals surface area contributed by atoms with Gasteiger partial charge in [0, 0.05) is 37.3 Å². The molecule has 10 heteroatoms. The van der Waals surface area contributed by atoms with Crippen LogP contribution in [0.3, 0.4) is 0 Å². The van der Waals surface area contributed by atoms with Crippen molar-refractivity contribution in [1.29, 1.82) is 0 Å². The summed E-state index contributed by atoms with van der Waals surface area (Å²) in [6.07, 6.45) is 4.56. The van der Waals surface area contributed by atoms with Crippen molar-refractivity contribution < 1.29 is 9.59 Å². The number of nitrogens with one attached hydrogen (secondary N) is 1. The number of fused-ring (bicyclic) bond motifs is 1. The van der Waals surface area contributed by atoms with E-state index in [2.05, 4.69) is 30.5 Å². The number of carbonyl (C=O) groups is 2. The van der Waals surface area contributed by atoms with Crippen LogP contribution in [0.15, 0.2) is 45.7 Å². The number of aryl methyl sites for hydroxylation is 1. The van der Waals surface area contributed by atoms with Crippen LogP contribution in [0.2, 0.25) is 0 Å². The number of hydrogen-bond acceptors (Lipinski definition) is 7. The van der Waals surface area contributed by atoms with Gasteiger partial charge in [0.2, 0.25) is 0 Å². The lowest BCUT2D eigenvalue weighted by Gasteiger charge is -2.17. The fraction of sp³-hybridized carbons (Fsp3) is 0.188. The van der Waals surface area contributed by atoms with E-state index < -0.39 is 5.92 Å². The van der Waals surface area contributed by atoms with E-state index in [1.54, 1.807) is 32.2 Å². The van der Waals surface area contributed by atoms with Gasteiger partial charge in [-0.25, -0.2) is 0 Å². The Balaban J connectivity index is 1.68. The van der Waals surface area contributed by atoms with Crippen molar-refractivity contribution in [3.63, 3.8) is 0 Å². The molecular formula is C16H14N8O2. The number of aromatic nitrogens is 3. The molecule has 0 saturated carbocycles. The van der Waals surface area contributed by atoms with Crippen LogP contribution >= 0.6 is 0 Å². The maximum absolute atomic E-state index is 12.4. The Hall–Kier alpha value is -3.69. The molecule has 0 fully saturated rings. The number of rotatable bonds is 2. The Kier molecular flexibility index (Phi) is 3.64. The third kappa shape index (κ3) is 2.66. The molecule has 0 aromatic carbocycles. The first kappa shape index (κ1) is 15.8. The van der Waals surface area contributed by atoms with Crippen LogP contribution in [0, 0.1) is 12.8 Å². The standard InChI is InChI=1S/C16H14N8O2/c1-9-7-12(19-14(25)10-3-5-17-6-4-10)24(22-9)16-20-13-11(15(26)21-16)8-18-23(13)2/h3-8,11H,1-2H3,(H,19,25). The van der Waals surface area contributed by atoms with E-state index in [9.17, 15) is 9.59 Å². The predicted molar refractivity (Wildman–Crippen MR) is 94.2 cm³/mol. The highest BCUT2D eigenvalue weighted by Crippen LogP contribution is 2.19. The molecule has 0 bridgehead atoms. The summed E-state index contributed by atoms with van der Waals surface area (Å²) in [5.74, 6) is -0.368. The summed E-state index contributed by atoms with van der Waals surface area (Å²) in [6.45, 7) is 1.77. The van der Waals surface area contributed by atoms with Crippen molar-refractivity contribution >= 4 is 35.6 Å². The lowest BCUT2D eigenvalue weighted by molar-refractivity contribution is -0.118. The van der Waals surface area contributed by atoms with Crippen LogP contribution < -0.4 is 5.32 Å². The largest absolute Gasteiger partial charge is 0.306 e. The molecule has 2 aliphatic rings. The van der Waals surface area contributed by atoms with E-state index in [0.717, 1.165) is 0 Å². The molecule has 4 heterocycles. The first-order valence-electron chi connectivity index (χ1n) is 7.80. The molecule has 0 spiro atoms. The quantitative estimate of drug-likeness (QED) is 0.848. The molecular weight excluding hydrogens is 336 g/mol. The Morgan fingerprint density at radius 2 is 2.00 bits per heavy atom. The molecule has 10 nitrogen and oxygen atoms in total. The van der Waals surface area contributed by atoms with Gasteiger partial charge in [0.15, 0.2) is 0 Å². The van der Waals surface area contributed by atoms with Crippen LogP contribution in [0.1, 0.15) is 16.1 Å². The lowest BCUT2D eigenvalue weighted by Crippen LogP contribution is -2.35. The van der Waals surface area contributed by atoms with Crippen LogP contribution in [0.5, 0.6) is 0 Å². The first-order chi connectivity index (χ1) is 12.5. The number of hydrogen-bond donors (Lipinski definition) is 1. The average Bonchev–Trinajstić information content (AvgIpc) is 3.19. The van der Waals surface area contributed by atoms with Crippen LogP contribution in [0.25, 0.3) is 0 Å². The molecule has 0 aliphatic carbocycles. The Morgan fingerprint density at radius 1 is 1.23 bits per heavy atom. The van der Waals surface area contributed by atoms with Crippen molar-refractivity contribution in [3.05, 3.63) is 41.9 Å². The summed E-state index contributed by atoms with van der Waals surface area (Å²) >= 11 is 0. The minimum absolute atomic E-state index is 0.0803. The van der Waals surface area contributed by atoms with Crippen molar-refractivity contribution in [3.8, 4) is 0 Å². The Morgan fingerprint density at radius 3 is 2.77 bits per heavy atom. The number of carbonyl (C=O) groups excluding carboxylic acids is 2. The van der Waals surface area contributed by atoms with E-state index >= 15 is 0 Å². The second-order valence-corrected chi connectivity index (χ2v) is 5.76. The molecule has 2 amide bonds. The summed E-state index contributed by atoms with van der Waals surface area (Å²) in [5.41, 5.74) is 1.09. The third-order valence-corrected chi connectivity index (χ3v) is 3.89. The van der Waals surface area contributed by atoms with Crippen LogP contribution in [-0.4, -0.2) is 56.6 Å². The number of pyridine rings is 1. The van der Waals surface area contributed by atoms with E-state index in [-0.39, 0.29) is 17.8 Å². The minimum atomic E-state index is -0.574. The van der Waals surface area contributed by atoms with Crippen molar-refractivity contribution in [2.45, 2.75) is 6.92 Å². The number of amides is 2. The van der Waals surface area contributed by atoms with Crippen LogP contribution in [-0.2, 0) is 4.79 Å². The summed E-state index contributed by atoms with van der Waals surface area (Å²) in [5, 5.41) is 12.6. The van der Waals surface area contributed by atoms with E-state index in [0.29, 0.717) is 22.9 Å². The molecule has 1 N–H and O–H groups in total. The normalized spacial score (nSPS) is 18.5. The van der Waals surface area contributed by atoms with Gasteiger partial charge in [-0.2, -0.15) is 24.9 Å². The zero-order chi connectivity index (χ0) is 18.3. The SMILES string of the molecule is Cc1cc(NC(=O)c2ccncc2)n(C2=NC(=O)C3C=NN(C)C3=N2)n1. The van der Waals surface area contributed by atoms with Gasteiger partial charge in [0.05, 0.1) is 5.69 Å². The van der Waals surface area contributed by atoms with E-state index in [1.807, 2.05) is 0 Å². The maximum atomic E-state index is 12.4. The minimum Gasteiger partial charge on any atom is -0.306 e. The average molecular weight is 350 g/mol. The van der Waals surface area contributed by atoms with Gasteiger partial charge in [-0.05, 0) is 19.1 Å². The summed E-state index contributed by atoms with van der Waals surface area (Å²) in [4.78, 5) is 36.9. The number of anilines is 1. The Labute approximate surface area is 148 Å². The lowest BCUT2D eigenvalue weighted by atomic mass is 10.1. The molecule has 130 valence electrons. The van der Waals surface area contributed by atoms with Gasteiger partial charge >= 0.3 is 0 Å². The second kappa shape index (κ2) is 5.99. The van der Waals surface area contributed by atoms with E-state index in [1.165, 1.54) is 28.3 Å². The fourth-order valence-corrected chi connectivity index (χ4v) is 2.63. The molecule has 2 aliphatic heterocycles. The van der Waals surface area contributed by atoms with Gasteiger partial charge in [-0.15, -0.1) is 0 Å².